The van der Waals surface area contributed by atoms with Gasteiger partial charge in [-0.05, 0) is 6.92 Å². The zero-order valence-electron chi connectivity index (χ0n) is 9.22. The molecule has 0 N–H and O–H groups in total. The summed E-state index contributed by atoms with van der Waals surface area (Å²) in [7, 11) is 0. The molecule has 1 fully saturated rings. The third kappa shape index (κ3) is 7.58. The van der Waals surface area contributed by atoms with Crippen molar-refractivity contribution in [1.82, 2.24) is 0 Å². The molecule has 13 heavy (non-hydrogen) atoms. The molecule has 74 valence electrons. The molecule has 0 radical (unpaired) electrons. The molecule has 1 aromatic rings. The molecule has 1 saturated carbocycles. The van der Waals surface area contributed by atoms with Gasteiger partial charge >= 0.3 is 0 Å². The Labute approximate surface area is 83.0 Å². The average molecular weight is 178 g/mol. The molecular weight excluding hydrogens is 156 g/mol. The Hall–Kier alpha value is -0.780. The van der Waals surface area contributed by atoms with Gasteiger partial charge in [-0.25, -0.2) is 0 Å². The van der Waals surface area contributed by atoms with Crippen LogP contribution in [0.5, 0.6) is 0 Å². The Morgan fingerprint density at radius 2 is 1.15 bits per heavy atom. The monoisotopic (exact) mass is 178 g/mol. The van der Waals surface area contributed by atoms with Crippen LogP contribution in [0.25, 0.3) is 0 Å². The summed E-state index contributed by atoms with van der Waals surface area (Å²) in [5, 5.41) is 0. The molecule has 2 rings (SSSR count). The van der Waals surface area contributed by atoms with Crippen molar-refractivity contribution >= 4 is 0 Å². The number of rotatable bonds is 0. The second kappa shape index (κ2) is 9.31. The molecule has 0 atom stereocenters. The Balaban J connectivity index is 0.000000204. The van der Waals surface area contributed by atoms with E-state index >= 15 is 0 Å². The third-order valence-electron chi connectivity index (χ3n) is 1.94. The highest BCUT2D eigenvalue weighted by atomic mass is 14.0. The molecule has 0 heterocycles. The van der Waals surface area contributed by atoms with E-state index in [9.17, 15) is 0 Å². The quantitative estimate of drug-likeness (QED) is 0.545. The Morgan fingerprint density at radius 3 is 1.31 bits per heavy atom. The van der Waals surface area contributed by atoms with Gasteiger partial charge in [0.1, 0.15) is 0 Å². The lowest BCUT2D eigenvalue weighted by molar-refractivity contribution is 0.504. The van der Waals surface area contributed by atoms with Gasteiger partial charge in [-0.3, -0.25) is 0 Å². The summed E-state index contributed by atoms with van der Waals surface area (Å²) in [5.41, 5.74) is 1.32. The van der Waals surface area contributed by atoms with E-state index in [1.807, 2.05) is 32.0 Å². The lowest BCUT2D eigenvalue weighted by atomic mass is 10.0. The first kappa shape index (κ1) is 12.2. The van der Waals surface area contributed by atoms with Crippen molar-refractivity contribution in [1.29, 1.82) is 0 Å². The minimum atomic E-state index is 1.32. The maximum Gasteiger partial charge on any atom is -0.0398 e. The Bertz CT molecular complexity index is 168. The SMILES string of the molecule is C1CCC1.CC.Cc1ccccc1. The molecule has 0 amide bonds. The average Bonchev–Trinajstić information content (AvgIpc) is 2.06. The van der Waals surface area contributed by atoms with Gasteiger partial charge in [-0.2, -0.15) is 0 Å². The first-order chi connectivity index (χ1) is 6.39. The topological polar surface area (TPSA) is 0 Å². The summed E-state index contributed by atoms with van der Waals surface area (Å²) in [6.07, 6.45) is 6.00. The van der Waals surface area contributed by atoms with E-state index in [1.54, 1.807) is 0 Å². The highest BCUT2D eigenvalue weighted by Gasteiger charge is 1.95. The van der Waals surface area contributed by atoms with Crippen LogP contribution in [-0.2, 0) is 0 Å². The molecule has 0 spiro atoms. The fraction of sp³-hybridized carbons (Fsp3) is 0.538. The van der Waals surface area contributed by atoms with Crippen LogP contribution in [0.4, 0.5) is 0 Å². The molecule has 1 aliphatic carbocycles. The van der Waals surface area contributed by atoms with E-state index < -0.39 is 0 Å². The van der Waals surface area contributed by atoms with Gasteiger partial charge in [-0.1, -0.05) is 75.4 Å². The zero-order chi connectivity index (χ0) is 9.94. The van der Waals surface area contributed by atoms with Gasteiger partial charge in [0.05, 0.1) is 0 Å². The minimum Gasteiger partial charge on any atom is -0.0683 e. The lowest BCUT2D eigenvalue weighted by Gasteiger charge is -2.05. The fourth-order valence-electron chi connectivity index (χ4n) is 0.784. The normalized spacial score (nSPS) is 12.5. The van der Waals surface area contributed by atoms with Crippen molar-refractivity contribution < 1.29 is 0 Å². The first-order valence-corrected chi connectivity index (χ1v) is 5.41. The van der Waals surface area contributed by atoms with Crippen molar-refractivity contribution in [2.75, 3.05) is 0 Å². The summed E-state index contributed by atoms with van der Waals surface area (Å²) in [4.78, 5) is 0. The van der Waals surface area contributed by atoms with Crippen LogP contribution in [0.3, 0.4) is 0 Å². The third-order valence-corrected chi connectivity index (χ3v) is 1.94. The number of hydrogen-bond donors (Lipinski definition) is 0. The maximum absolute atomic E-state index is 2.08. The van der Waals surface area contributed by atoms with Crippen molar-refractivity contribution in [3.8, 4) is 0 Å². The van der Waals surface area contributed by atoms with E-state index in [1.165, 1.54) is 31.2 Å². The van der Waals surface area contributed by atoms with Crippen LogP contribution in [-0.4, -0.2) is 0 Å². The van der Waals surface area contributed by atoms with Crippen molar-refractivity contribution in [3.05, 3.63) is 35.9 Å². The molecule has 0 nitrogen and oxygen atoms in total. The molecule has 0 saturated heterocycles. The van der Waals surface area contributed by atoms with Gasteiger partial charge in [0, 0.05) is 0 Å². The molecule has 0 aromatic heterocycles. The van der Waals surface area contributed by atoms with E-state index in [-0.39, 0.29) is 0 Å². The predicted molar refractivity (Wildman–Crippen MR) is 61.0 cm³/mol. The number of hydrogen-bond acceptors (Lipinski definition) is 0. The van der Waals surface area contributed by atoms with Crippen LogP contribution in [0, 0.1) is 6.92 Å². The fourth-order valence-corrected chi connectivity index (χ4v) is 0.784. The molecule has 0 aliphatic heterocycles. The second-order valence-corrected chi connectivity index (χ2v) is 3.07. The molecule has 0 heteroatoms. The van der Waals surface area contributed by atoms with Gasteiger partial charge in [0.25, 0.3) is 0 Å². The van der Waals surface area contributed by atoms with E-state index in [0.29, 0.717) is 0 Å². The zero-order valence-corrected chi connectivity index (χ0v) is 9.22. The summed E-state index contributed by atoms with van der Waals surface area (Å²) in [6, 6.07) is 10.3. The minimum absolute atomic E-state index is 1.32. The highest BCUT2D eigenvalue weighted by Crippen LogP contribution is 2.15. The summed E-state index contributed by atoms with van der Waals surface area (Å²) in [6.45, 7) is 6.08. The number of aryl methyl sites for hydroxylation is 1. The summed E-state index contributed by atoms with van der Waals surface area (Å²) in [5.74, 6) is 0. The van der Waals surface area contributed by atoms with Gasteiger partial charge in [0.2, 0.25) is 0 Å². The Kier molecular flexibility index (Phi) is 8.75. The standard InChI is InChI=1S/C7H8.C4H8.C2H6/c1-7-5-3-2-4-6-7;1-2-4-3-1;1-2/h2-6H,1H3;1-4H2;1-2H3. The molecule has 1 aromatic carbocycles. The maximum atomic E-state index is 2.08. The summed E-state index contributed by atoms with van der Waals surface area (Å²) >= 11 is 0. The molecule has 0 unspecified atom stereocenters. The van der Waals surface area contributed by atoms with Gasteiger partial charge in [-0.15, -0.1) is 0 Å². The molecule has 0 bridgehead atoms. The van der Waals surface area contributed by atoms with Crippen molar-refractivity contribution in [3.63, 3.8) is 0 Å². The van der Waals surface area contributed by atoms with Crippen LogP contribution in [0.1, 0.15) is 45.1 Å². The molecule has 1 aliphatic rings. The highest BCUT2D eigenvalue weighted by molar-refractivity contribution is 5.11. The van der Waals surface area contributed by atoms with Crippen LogP contribution in [0.15, 0.2) is 30.3 Å². The smallest absolute Gasteiger partial charge is 0.0398 e. The second-order valence-electron chi connectivity index (χ2n) is 3.07. The van der Waals surface area contributed by atoms with Crippen LogP contribution in [0.2, 0.25) is 0 Å². The molecular formula is C13H22. The van der Waals surface area contributed by atoms with E-state index in [2.05, 4.69) is 19.1 Å². The van der Waals surface area contributed by atoms with E-state index in [0.717, 1.165) is 0 Å². The van der Waals surface area contributed by atoms with Crippen molar-refractivity contribution in [2.45, 2.75) is 46.5 Å². The van der Waals surface area contributed by atoms with Gasteiger partial charge < -0.3 is 0 Å². The first-order valence-electron chi connectivity index (χ1n) is 5.41. The number of benzene rings is 1. The van der Waals surface area contributed by atoms with Crippen LogP contribution >= 0.6 is 0 Å². The van der Waals surface area contributed by atoms with Gasteiger partial charge in [0.15, 0.2) is 0 Å². The largest absolute Gasteiger partial charge is 0.0683 e. The lowest BCUT2D eigenvalue weighted by Crippen LogP contribution is -1.85. The summed E-state index contributed by atoms with van der Waals surface area (Å²) < 4.78 is 0. The van der Waals surface area contributed by atoms with E-state index in [4.69, 9.17) is 0 Å². The van der Waals surface area contributed by atoms with Crippen molar-refractivity contribution in [2.24, 2.45) is 0 Å². The Morgan fingerprint density at radius 1 is 0.769 bits per heavy atom. The van der Waals surface area contributed by atoms with Crippen LogP contribution < -0.4 is 0 Å². The predicted octanol–water partition coefficient (Wildman–Crippen LogP) is 4.58.